The van der Waals surface area contributed by atoms with Crippen LogP contribution in [0.4, 0.5) is 0 Å². The molecule has 0 fully saturated rings. The number of halogens is 1. The van der Waals surface area contributed by atoms with Gasteiger partial charge in [-0.15, -0.1) is 0 Å². The SMILES string of the molecule is CCNC(=NCCc1nc(C(C)C)no1)NCCc1ccc(OC)cc1Cl. The first kappa shape index (κ1) is 21.0. The predicted molar refractivity (Wildman–Crippen MR) is 108 cm³/mol. The van der Waals surface area contributed by atoms with E-state index in [-0.39, 0.29) is 5.92 Å². The molecular formula is C19H28ClN5O2. The van der Waals surface area contributed by atoms with Gasteiger partial charge in [0, 0.05) is 30.5 Å². The zero-order chi connectivity index (χ0) is 19.6. The summed E-state index contributed by atoms with van der Waals surface area (Å²) in [5, 5.41) is 11.2. The number of nitrogens with one attached hydrogen (secondary N) is 2. The summed E-state index contributed by atoms with van der Waals surface area (Å²) in [5.74, 6) is 3.12. The van der Waals surface area contributed by atoms with Gasteiger partial charge in [0.2, 0.25) is 5.89 Å². The van der Waals surface area contributed by atoms with Crippen molar-refractivity contribution in [2.45, 2.75) is 39.5 Å². The molecule has 0 saturated heterocycles. The lowest BCUT2D eigenvalue weighted by Crippen LogP contribution is -2.38. The number of rotatable bonds is 9. The summed E-state index contributed by atoms with van der Waals surface area (Å²) in [5.41, 5.74) is 1.06. The highest BCUT2D eigenvalue weighted by Crippen LogP contribution is 2.22. The van der Waals surface area contributed by atoms with Crippen molar-refractivity contribution < 1.29 is 9.26 Å². The maximum Gasteiger partial charge on any atom is 0.228 e. The third-order valence-electron chi connectivity index (χ3n) is 3.89. The number of aromatic nitrogens is 2. The van der Waals surface area contributed by atoms with E-state index in [9.17, 15) is 0 Å². The van der Waals surface area contributed by atoms with Crippen LogP contribution in [0.15, 0.2) is 27.7 Å². The summed E-state index contributed by atoms with van der Waals surface area (Å²) in [4.78, 5) is 8.92. The molecule has 2 N–H and O–H groups in total. The van der Waals surface area contributed by atoms with E-state index in [4.69, 9.17) is 20.9 Å². The van der Waals surface area contributed by atoms with Crippen LogP contribution in [0.1, 0.15) is 44.0 Å². The second kappa shape index (κ2) is 10.8. The van der Waals surface area contributed by atoms with Crippen LogP contribution in [-0.4, -0.2) is 42.8 Å². The normalized spacial score (nSPS) is 11.7. The maximum atomic E-state index is 6.28. The Balaban J connectivity index is 1.84. The summed E-state index contributed by atoms with van der Waals surface area (Å²) < 4.78 is 10.4. The average Bonchev–Trinajstić information content (AvgIpc) is 3.12. The Kier molecular flexibility index (Phi) is 8.39. The lowest BCUT2D eigenvalue weighted by Gasteiger charge is -2.12. The van der Waals surface area contributed by atoms with Gasteiger partial charge >= 0.3 is 0 Å². The molecule has 1 aromatic heterocycles. The first-order valence-corrected chi connectivity index (χ1v) is 9.58. The Bertz CT molecular complexity index is 745. The molecule has 1 heterocycles. The Morgan fingerprint density at radius 2 is 2.11 bits per heavy atom. The average molecular weight is 394 g/mol. The van der Waals surface area contributed by atoms with E-state index in [0.717, 1.165) is 42.6 Å². The quantitative estimate of drug-likeness (QED) is 0.502. The van der Waals surface area contributed by atoms with Crippen LogP contribution in [0, 0.1) is 0 Å². The van der Waals surface area contributed by atoms with Crippen LogP contribution < -0.4 is 15.4 Å². The summed E-state index contributed by atoms with van der Waals surface area (Å²) in [6.07, 6.45) is 1.40. The van der Waals surface area contributed by atoms with Gasteiger partial charge in [-0.1, -0.05) is 36.7 Å². The summed E-state index contributed by atoms with van der Waals surface area (Å²) in [6, 6.07) is 5.72. The zero-order valence-corrected chi connectivity index (χ0v) is 17.1. The predicted octanol–water partition coefficient (Wildman–Crippen LogP) is 3.20. The number of aliphatic imine (C=N–C) groups is 1. The van der Waals surface area contributed by atoms with E-state index >= 15 is 0 Å². The van der Waals surface area contributed by atoms with Crippen molar-refractivity contribution in [2.75, 3.05) is 26.7 Å². The van der Waals surface area contributed by atoms with E-state index in [0.29, 0.717) is 23.9 Å². The molecule has 0 aliphatic carbocycles. The molecule has 0 atom stereocenters. The van der Waals surface area contributed by atoms with Crippen molar-refractivity contribution in [3.63, 3.8) is 0 Å². The molecule has 0 bridgehead atoms. The number of nitrogens with zero attached hydrogens (tertiary/aromatic N) is 3. The molecule has 1 aromatic carbocycles. The minimum absolute atomic E-state index is 0.259. The Labute approximate surface area is 165 Å². The van der Waals surface area contributed by atoms with Crippen molar-refractivity contribution >= 4 is 17.6 Å². The third kappa shape index (κ3) is 6.75. The molecule has 0 spiro atoms. The Morgan fingerprint density at radius 1 is 1.30 bits per heavy atom. The first-order valence-electron chi connectivity index (χ1n) is 9.20. The lowest BCUT2D eigenvalue weighted by atomic mass is 10.1. The zero-order valence-electron chi connectivity index (χ0n) is 16.4. The van der Waals surface area contributed by atoms with Crippen molar-refractivity contribution in [2.24, 2.45) is 4.99 Å². The van der Waals surface area contributed by atoms with Crippen LogP contribution in [0.25, 0.3) is 0 Å². The van der Waals surface area contributed by atoms with Crippen LogP contribution in [0.3, 0.4) is 0 Å². The molecule has 7 nitrogen and oxygen atoms in total. The van der Waals surface area contributed by atoms with E-state index in [1.165, 1.54) is 0 Å². The molecule has 148 valence electrons. The van der Waals surface area contributed by atoms with E-state index < -0.39 is 0 Å². The molecule has 27 heavy (non-hydrogen) atoms. The second-order valence-electron chi connectivity index (χ2n) is 6.35. The third-order valence-corrected chi connectivity index (χ3v) is 4.24. The highest BCUT2D eigenvalue weighted by Gasteiger charge is 2.09. The monoisotopic (exact) mass is 393 g/mol. The van der Waals surface area contributed by atoms with Gasteiger partial charge in [0.15, 0.2) is 11.8 Å². The molecule has 0 radical (unpaired) electrons. The number of methoxy groups -OCH3 is 1. The van der Waals surface area contributed by atoms with Gasteiger partial charge in [-0.05, 0) is 31.0 Å². The highest BCUT2D eigenvalue weighted by molar-refractivity contribution is 6.31. The molecule has 0 aliphatic heterocycles. The van der Waals surface area contributed by atoms with Crippen molar-refractivity contribution in [3.8, 4) is 5.75 Å². The molecule has 0 unspecified atom stereocenters. The van der Waals surface area contributed by atoms with Gasteiger partial charge in [-0.3, -0.25) is 4.99 Å². The molecule has 2 aromatic rings. The molecule has 0 amide bonds. The molecule has 0 aliphatic rings. The number of ether oxygens (including phenoxy) is 1. The maximum absolute atomic E-state index is 6.28. The van der Waals surface area contributed by atoms with E-state index in [1.54, 1.807) is 7.11 Å². The van der Waals surface area contributed by atoms with Crippen LogP contribution in [0.2, 0.25) is 5.02 Å². The number of hydrogen-bond acceptors (Lipinski definition) is 5. The summed E-state index contributed by atoms with van der Waals surface area (Å²) in [6.45, 7) is 8.18. The van der Waals surface area contributed by atoms with Crippen molar-refractivity contribution in [1.82, 2.24) is 20.8 Å². The fraction of sp³-hybridized carbons (Fsp3) is 0.526. The first-order chi connectivity index (χ1) is 13.0. The summed E-state index contributed by atoms with van der Waals surface area (Å²) in [7, 11) is 1.63. The van der Waals surface area contributed by atoms with Gasteiger partial charge in [0.1, 0.15) is 5.75 Å². The molecule has 0 saturated carbocycles. The van der Waals surface area contributed by atoms with E-state index in [2.05, 4.69) is 25.8 Å². The van der Waals surface area contributed by atoms with Crippen molar-refractivity contribution in [3.05, 3.63) is 40.5 Å². The van der Waals surface area contributed by atoms with Crippen LogP contribution >= 0.6 is 11.6 Å². The van der Waals surface area contributed by atoms with Crippen LogP contribution in [0.5, 0.6) is 5.75 Å². The van der Waals surface area contributed by atoms with Gasteiger partial charge < -0.3 is 19.9 Å². The molecule has 8 heteroatoms. The Morgan fingerprint density at radius 3 is 2.74 bits per heavy atom. The minimum Gasteiger partial charge on any atom is -0.497 e. The largest absolute Gasteiger partial charge is 0.497 e. The standard InChI is InChI=1S/C19H28ClN5O2/c1-5-21-19(23-11-9-17-24-18(13(2)3)25-27-17)22-10-8-14-6-7-15(26-4)12-16(14)20/h6-7,12-13H,5,8-11H2,1-4H3,(H2,21,22,23). The molecular weight excluding hydrogens is 366 g/mol. The van der Waals surface area contributed by atoms with Gasteiger partial charge in [0.05, 0.1) is 13.7 Å². The lowest BCUT2D eigenvalue weighted by molar-refractivity contribution is 0.372. The Hall–Kier alpha value is -2.28. The fourth-order valence-electron chi connectivity index (χ4n) is 2.38. The smallest absolute Gasteiger partial charge is 0.228 e. The highest BCUT2D eigenvalue weighted by atomic mass is 35.5. The minimum atomic E-state index is 0.259. The number of guanidine groups is 1. The number of benzene rings is 1. The van der Waals surface area contributed by atoms with E-state index in [1.807, 2.05) is 39.0 Å². The second-order valence-corrected chi connectivity index (χ2v) is 6.75. The summed E-state index contributed by atoms with van der Waals surface area (Å²) >= 11 is 6.28. The fourth-order valence-corrected chi connectivity index (χ4v) is 2.65. The van der Waals surface area contributed by atoms with Crippen molar-refractivity contribution in [1.29, 1.82) is 0 Å². The van der Waals surface area contributed by atoms with Gasteiger partial charge in [0.25, 0.3) is 0 Å². The topological polar surface area (TPSA) is 84.6 Å². The molecule has 2 rings (SSSR count). The number of hydrogen-bond donors (Lipinski definition) is 2. The van der Waals surface area contributed by atoms with Gasteiger partial charge in [-0.2, -0.15) is 4.98 Å². The van der Waals surface area contributed by atoms with Crippen LogP contribution in [-0.2, 0) is 12.8 Å². The van der Waals surface area contributed by atoms with Gasteiger partial charge in [-0.25, -0.2) is 0 Å².